The van der Waals surface area contributed by atoms with Gasteiger partial charge in [0.05, 0.1) is 13.2 Å². The van der Waals surface area contributed by atoms with Crippen molar-refractivity contribution in [1.82, 2.24) is 5.32 Å². The molecule has 2 aliphatic heterocycles. The van der Waals surface area contributed by atoms with E-state index >= 15 is 0 Å². The van der Waals surface area contributed by atoms with Gasteiger partial charge in [0.15, 0.2) is 0 Å². The van der Waals surface area contributed by atoms with Crippen LogP contribution < -0.4 is 5.32 Å². The molecule has 1 N–H and O–H groups in total. The number of rotatable bonds is 3. The minimum atomic E-state index is 0.0516. The summed E-state index contributed by atoms with van der Waals surface area (Å²) in [6, 6.07) is 2.62. The van der Waals surface area contributed by atoms with Gasteiger partial charge in [-0.15, -0.1) is 11.3 Å². The van der Waals surface area contributed by atoms with E-state index in [0.29, 0.717) is 12.0 Å². The molecule has 3 nitrogen and oxygen atoms in total. The molecule has 2 atom stereocenters. The van der Waals surface area contributed by atoms with Gasteiger partial charge in [-0.1, -0.05) is 0 Å². The van der Waals surface area contributed by atoms with Crippen LogP contribution in [0.5, 0.6) is 0 Å². The summed E-state index contributed by atoms with van der Waals surface area (Å²) in [4.78, 5) is 0. The molecule has 6 heteroatoms. The number of halogens is 2. The Morgan fingerprint density at radius 1 is 1.33 bits per heavy atom. The summed E-state index contributed by atoms with van der Waals surface area (Å²) in [5.41, 5.74) is 1.42. The van der Waals surface area contributed by atoms with Crippen LogP contribution >= 0.6 is 43.2 Å². The fourth-order valence-corrected chi connectivity index (χ4v) is 6.58. The number of thiophene rings is 1. The van der Waals surface area contributed by atoms with E-state index in [0.717, 1.165) is 45.5 Å². The highest BCUT2D eigenvalue weighted by atomic mass is 79.9. The molecule has 21 heavy (non-hydrogen) atoms. The Bertz CT molecular complexity index is 483. The second kappa shape index (κ2) is 6.97. The van der Waals surface area contributed by atoms with Crippen molar-refractivity contribution < 1.29 is 9.47 Å². The Morgan fingerprint density at radius 3 is 2.71 bits per heavy atom. The third-order valence-electron chi connectivity index (χ3n) is 4.74. The average Bonchev–Trinajstić information content (AvgIpc) is 2.80. The lowest BCUT2D eigenvalue weighted by molar-refractivity contribution is -0.150. The van der Waals surface area contributed by atoms with Crippen molar-refractivity contribution in [3.05, 3.63) is 19.2 Å². The molecule has 2 saturated heterocycles. The summed E-state index contributed by atoms with van der Waals surface area (Å²) in [5.74, 6) is 0.611. The van der Waals surface area contributed by atoms with Crippen LogP contribution in [0.15, 0.2) is 13.6 Å². The zero-order valence-electron chi connectivity index (χ0n) is 12.2. The monoisotopic (exact) mass is 437 g/mol. The highest BCUT2D eigenvalue weighted by Crippen LogP contribution is 2.45. The second-order valence-corrected chi connectivity index (χ2v) is 9.69. The fraction of sp³-hybridized carbons (Fsp3) is 0.733. The molecule has 0 aliphatic carbocycles. The summed E-state index contributed by atoms with van der Waals surface area (Å²) in [6.45, 7) is 2.54. The lowest BCUT2D eigenvalue weighted by Crippen LogP contribution is -2.46. The quantitative estimate of drug-likeness (QED) is 0.752. The van der Waals surface area contributed by atoms with E-state index in [-0.39, 0.29) is 5.60 Å². The molecule has 3 heterocycles. The van der Waals surface area contributed by atoms with Crippen molar-refractivity contribution in [2.75, 3.05) is 26.9 Å². The van der Waals surface area contributed by atoms with Crippen LogP contribution in [0.3, 0.4) is 0 Å². The predicted molar refractivity (Wildman–Crippen MR) is 93.0 cm³/mol. The van der Waals surface area contributed by atoms with Crippen molar-refractivity contribution in [1.29, 1.82) is 0 Å². The van der Waals surface area contributed by atoms with Gasteiger partial charge in [0, 0.05) is 25.9 Å². The highest BCUT2D eigenvalue weighted by molar-refractivity contribution is 9.12. The Kier molecular flexibility index (Phi) is 5.44. The van der Waals surface area contributed by atoms with Gasteiger partial charge in [0.2, 0.25) is 0 Å². The van der Waals surface area contributed by atoms with Gasteiger partial charge in [-0.05, 0) is 82.1 Å². The molecule has 0 saturated carbocycles. The first kappa shape index (κ1) is 16.4. The second-order valence-electron chi connectivity index (χ2n) is 5.94. The average molecular weight is 439 g/mol. The third kappa shape index (κ3) is 3.56. The van der Waals surface area contributed by atoms with E-state index in [1.54, 1.807) is 11.3 Å². The van der Waals surface area contributed by atoms with Gasteiger partial charge in [0.25, 0.3) is 0 Å². The van der Waals surface area contributed by atoms with E-state index in [4.69, 9.17) is 9.47 Å². The number of ether oxygens (including phenoxy) is 2. The Balaban J connectivity index is 1.78. The topological polar surface area (TPSA) is 30.5 Å². The Labute approximate surface area is 147 Å². The molecule has 118 valence electrons. The van der Waals surface area contributed by atoms with Crippen molar-refractivity contribution >= 4 is 43.2 Å². The van der Waals surface area contributed by atoms with E-state index in [1.807, 2.05) is 0 Å². The minimum Gasteiger partial charge on any atom is -0.381 e. The largest absolute Gasteiger partial charge is 0.381 e. The molecule has 2 fully saturated rings. The standard InChI is InChI=1S/C15H21Br2NO2S/c1-18-13(11-8-12(16)21-14(11)17)10-2-5-20-15(9-10)3-6-19-7-4-15/h8,10,13,18H,2-7,9H2,1H3. The summed E-state index contributed by atoms with van der Waals surface area (Å²) in [5, 5.41) is 3.53. The van der Waals surface area contributed by atoms with Crippen LogP contribution in [0.4, 0.5) is 0 Å². The summed E-state index contributed by atoms with van der Waals surface area (Å²) in [6.07, 6.45) is 4.32. The van der Waals surface area contributed by atoms with Crippen LogP contribution in [-0.2, 0) is 9.47 Å². The van der Waals surface area contributed by atoms with Crippen LogP contribution in [0.1, 0.15) is 37.3 Å². The number of nitrogens with one attached hydrogen (secondary N) is 1. The van der Waals surface area contributed by atoms with Gasteiger partial charge in [-0.25, -0.2) is 0 Å². The van der Waals surface area contributed by atoms with Gasteiger partial charge < -0.3 is 14.8 Å². The SMILES string of the molecule is CNC(c1cc(Br)sc1Br)C1CCOC2(CCOCC2)C1. The molecule has 2 unspecified atom stereocenters. The molecular weight excluding hydrogens is 418 g/mol. The van der Waals surface area contributed by atoms with E-state index < -0.39 is 0 Å². The van der Waals surface area contributed by atoms with Crippen LogP contribution in [0, 0.1) is 5.92 Å². The molecule has 1 aromatic rings. The molecule has 3 rings (SSSR count). The van der Waals surface area contributed by atoms with E-state index in [2.05, 4.69) is 50.3 Å². The number of hydrogen-bond acceptors (Lipinski definition) is 4. The molecule has 1 aromatic heterocycles. The summed E-state index contributed by atoms with van der Waals surface area (Å²) < 4.78 is 14.1. The lowest BCUT2D eigenvalue weighted by Gasteiger charge is -2.45. The molecule has 0 amide bonds. The van der Waals surface area contributed by atoms with Crippen LogP contribution in [-0.4, -0.2) is 32.5 Å². The zero-order valence-corrected chi connectivity index (χ0v) is 16.2. The van der Waals surface area contributed by atoms with Crippen molar-refractivity contribution in [2.24, 2.45) is 5.92 Å². The molecule has 2 aliphatic rings. The van der Waals surface area contributed by atoms with Crippen molar-refractivity contribution in [3.8, 4) is 0 Å². The Morgan fingerprint density at radius 2 is 2.10 bits per heavy atom. The maximum absolute atomic E-state index is 6.18. The van der Waals surface area contributed by atoms with E-state index in [1.165, 1.54) is 13.1 Å². The predicted octanol–water partition coefficient (Wildman–Crippen LogP) is 4.51. The van der Waals surface area contributed by atoms with Crippen LogP contribution in [0.2, 0.25) is 0 Å². The number of hydrogen-bond donors (Lipinski definition) is 1. The maximum Gasteiger partial charge on any atom is 0.0758 e. The van der Waals surface area contributed by atoms with Crippen molar-refractivity contribution in [3.63, 3.8) is 0 Å². The van der Waals surface area contributed by atoms with Gasteiger partial charge in [-0.3, -0.25) is 0 Å². The smallest absolute Gasteiger partial charge is 0.0758 e. The minimum absolute atomic E-state index is 0.0516. The fourth-order valence-electron chi connectivity index (χ4n) is 3.65. The first-order valence-electron chi connectivity index (χ1n) is 7.47. The Hall–Kier alpha value is 0.540. The normalized spacial score (nSPS) is 26.9. The summed E-state index contributed by atoms with van der Waals surface area (Å²) >= 11 is 9.05. The lowest BCUT2D eigenvalue weighted by atomic mass is 9.76. The zero-order chi connectivity index (χ0) is 14.9. The molecule has 0 radical (unpaired) electrons. The van der Waals surface area contributed by atoms with Crippen molar-refractivity contribution in [2.45, 2.75) is 37.3 Å². The highest BCUT2D eigenvalue weighted by Gasteiger charge is 2.41. The first-order valence-corrected chi connectivity index (χ1v) is 9.87. The first-order chi connectivity index (χ1) is 10.1. The summed E-state index contributed by atoms with van der Waals surface area (Å²) in [7, 11) is 2.06. The third-order valence-corrected chi connectivity index (χ3v) is 7.12. The van der Waals surface area contributed by atoms with Crippen LogP contribution in [0.25, 0.3) is 0 Å². The van der Waals surface area contributed by atoms with E-state index in [9.17, 15) is 0 Å². The molecule has 1 spiro atoms. The maximum atomic E-state index is 6.18. The molecular formula is C15H21Br2NO2S. The van der Waals surface area contributed by atoms with Gasteiger partial charge in [0.1, 0.15) is 0 Å². The van der Waals surface area contributed by atoms with Gasteiger partial charge >= 0.3 is 0 Å². The molecule has 0 bridgehead atoms. The van der Waals surface area contributed by atoms with Gasteiger partial charge in [-0.2, -0.15) is 0 Å². The molecule has 0 aromatic carbocycles.